The lowest BCUT2D eigenvalue weighted by atomic mass is 10.2. The number of nitrogens with one attached hydrogen (secondary N) is 1. The van der Waals surface area contributed by atoms with E-state index >= 15 is 0 Å². The molecule has 1 aliphatic rings. The van der Waals surface area contributed by atoms with E-state index in [1.165, 1.54) is 7.05 Å². The summed E-state index contributed by atoms with van der Waals surface area (Å²) in [5.74, 6) is -2.33. The van der Waals surface area contributed by atoms with Gasteiger partial charge >= 0.3 is 0 Å². The fourth-order valence-electron chi connectivity index (χ4n) is 2.00. The van der Waals surface area contributed by atoms with Crippen molar-refractivity contribution < 1.29 is 22.3 Å². The smallest absolute Gasteiger partial charge is 0.243 e. The summed E-state index contributed by atoms with van der Waals surface area (Å²) in [4.78, 5) is -0.340. The fraction of sp³-hybridized carbons (Fsp3) is 0.455. The van der Waals surface area contributed by atoms with Crippen LogP contribution < -0.4 is 5.32 Å². The number of halogens is 2. The van der Waals surface area contributed by atoms with Gasteiger partial charge in [0.2, 0.25) is 10.0 Å². The monoisotopic (exact) mass is 292 g/mol. The predicted molar refractivity (Wildman–Crippen MR) is 64.0 cm³/mol. The minimum atomic E-state index is -3.97. The van der Waals surface area contributed by atoms with Crippen LogP contribution in [0, 0.1) is 11.6 Å². The second kappa shape index (κ2) is 5.12. The number of benzene rings is 1. The molecule has 19 heavy (non-hydrogen) atoms. The molecule has 0 aliphatic carbocycles. The van der Waals surface area contributed by atoms with E-state index in [0.29, 0.717) is 19.2 Å². The number of hydrogen-bond acceptors (Lipinski definition) is 4. The molecule has 0 radical (unpaired) electrons. The number of rotatable bonds is 3. The van der Waals surface area contributed by atoms with Crippen molar-refractivity contribution in [1.29, 1.82) is 0 Å². The lowest BCUT2D eigenvalue weighted by Crippen LogP contribution is -2.44. The van der Waals surface area contributed by atoms with Gasteiger partial charge in [-0.25, -0.2) is 17.2 Å². The molecule has 2 N–H and O–H groups in total. The fourth-order valence-corrected chi connectivity index (χ4v) is 3.40. The molecule has 1 aliphatic heterocycles. The molecule has 1 saturated heterocycles. The molecule has 1 aromatic carbocycles. The SMILES string of the molecule is CN([C@@H]1CNC[C@H]1O)S(=O)(=O)c1ccc(F)c(F)c1. The van der Waals surface area contributed by atoms with E-state index in [2.05, 4.69) is 5.32 Å². The maximum Gasteiger partial charge on any atom is 0.243 e. The second-order valence-corrected chi connectivity index (χ2v) is 6.39. The van der Waals surface area contributed by atoms with E-state index in [9.17, 15) is 22.3 Å². The zero-order valence-electron chi connectivity index (χ0n) is 10.2. The molecule has 0 aromatic heterocycles. The minimum Gasteiger partial charge on any atom is -0.390 e. The predicted octanol–water partition coefficient (Wildman–Crippen LogP) is -0.0820. The molecule has 1 heterocycles. The lowest BCUT2D eigenvalue weighted by molar-refractivity contribution is 0.136. The molecule has 2 rings (SSSR count). The first kappa shape index (κ1) is 14.3. The Morgan fingerprint density at radius 3 is 2.53 bits per heavy atom. The van der Waals surface area contributed by atoms with Gasteiger partial charge in [0.05, 0.1) is 17.0 Å². The van der Waals surface area contributed by atoms with Crippen LogP contribution in [0.25, 0.3) is 0 Å². The van der Waals surface area contributed by atoms with Crippen LogP contribution in [0.15, 0.2) is 23.1 Å². The third-order valence-electron chi connectivity index (χ3n) is 3.19. The number of β-amino-alcohol motifs (C(OH)–C–C–N with tert-alkyl or cyclic N) is 1. The third kappa shape index (κ3) is 2.62. The zero-order valence-corrected chi connectivity index (χ0v) is 11.0. The van der Waals surface area contributed by atoms with Crippen molar-refractivity contribution >= 4 is 10.0 Å². The minimum absolute atomic E-state index is 0.294. The standard InChI is InChI=1S/C11H14F2N2O3S/c1-15(10-5-14-6-11(10)16)19(17,18)7-2-3-8(12)9(13)4-7/h2-4,10-11,14,16H,5-6H2,1H3/t10-,11-/m1/s1. The van der Waals surface area contributed by atoms with Gasteiger partial charge in [0.15, 0.2) is 11.6 Å². The van der Waals surface area contributed by atoms with Crippen LogP contribution in [0.5, 0.6) is 0 Å². The Morgan fingerprint density at radius 1 is 1.32 bits per heavy atom. The average molecular weight is 292 g/mol. The van der Waals surface area contributed by atoms with Gasteiger partial charge in [-0.15, -0.1) is 0 Å². The van der Waals surface area contributed by atoms with E-state index < -0.39 is 33.8 Å². The van der Waals surface area contributed by atoms with Crippen LogP contribution >= 0.6 is 0 Å². The van der Waals surface area contributed by atoms with Gasteiger partial charge in [0.25, 0.3) is 0 Å². The van der Waals surface area contributed by atoms with Crippen molar-refractivity contribution in [3.05, 3.63) is 29.8 Å². The first-order valence-electron chi connectivity index (χ1n) is 5.66. The number of sulfonamides is 1. The Bertz CT molecular complexity index is 579. The normalized spacial score (nSPS) is 24.1. The highest BCUT2D eigenvalue weighted by atomic mass is 32.2. The second-order valence-electron chi connectivity index (χ2n) is 4.39. The summed E-state index contributed by atoms with van der Waals surface area (Å²) in [5.41, 5.74) is 0. The highest BCUT2D eigenvalue weighted by Gasteiger charge is 2.35. The molecule has 0 unspecified atom stereocenters. The van der Waals surface area contributed by atoms with Crippen molar-refractivity contribution in [1.82, 2.24) is 9.62 Å². The first-order valence-corrected chi connectivity index (χ1v) is 7.10. The summed E-state index contributed by atoms with van der Waals surface area (Å²) >= 11 is 0. The number of nitrogens with zero attached hydrogens (tertiary/aromatic N) is 1. The van der Waals surface area contributed by atoms with Crippen LogP contribution in [0.3, 0.4) is 0 Å². The highest BCUT2D eigenvalue weighted by molar-refractivity contribution is 7.89. The molecule has 8 heteroatoms. The molecule has 1 fully saturated rings. The van der Waals surface area contributed by atoms with E-state index in [4.69, 9.17) is 0 Å². The molecule has 5 nitrogen and oxygen atoms in total. The first-order chi connectivity index (χ1) is 8.84. The summed E-state index contributed by atoms with van der Waals surface area (Å²) in [6, 6.07) is 1.77. The molecular weight excluding hydrogens is 278 g/mol. The van der Waals surface area contributed by atoms with Crippen LogP contribution in [-0.4, -0.2) is 50.1 Å². The van der Waals surface area contributed by atoms with Gasteiger partial charge in [-0.1, -0.05) is 0 Å². The van der Waals surface area contributed by atoms with Gasteiger partial charge in [-0.3, -0.25) is 0 Å². The Balaban J connectivity index is 2.33. The summed E-state index contributed by atoms with van der Waals surface area (Å²) < 4.78 is 51.4. The van der Waals surface area contributed by atoms with E-state index in [-0.39, 0.29) is 4.90 Å². The number of likely N-dealkylation sites (N-methyl/N-ethyl adjacent to an activating group) is 1. The van der Waals surface area contributed by atoms with Crippen molar-refractivity contribution in [2.24, 2.45) is 0 Å². The van der Waals surface area contributed by atoms with Crippen molar-refractivity contribution in [3.8, 4) is 0 Å². The van der Waals surface area contributed by atoms with Gasteiger partial charge in [-0.05, 0) is 18.2 Å². The summed E-state index contributed by atoms with van der Waals surface area (Å²) in [5, 5.41) is 12.5. The van der Waals surface area contributed by atoms with Gasteiger partial charge < -0.3 is 10.4 Å². The largest absolute Gasteiger partial charge is 0.390 e. The number of hydrogen-bond donors (Lipinski definition) is 2. The quantitative estimate of drug-likeness (QED) is 0.817. The van der Waals surface area contributed by atoms with E-state index in [1.807, 2.05) is 0 Å². The molecular formula is C11H14F2N2O3S. The lowest BCUT2D eigenvalue weighted by Gasteiger charge is -2.25. The number of aliphatic hydroxyl groups is 1. The van der Waals surface area contributed by atoms with Crippen molar-refractivity contribution in [2.45, 2.75) is 17.0 Å². The summed E-state index contributed by atoms with van der Waals surface area (Å²) in [6.45, 7) is 0.600. The van der Waals surface area contributed by atoms with E-state index in [0.717, 1.165) is 16.4 Å². The van der Waals surface area contributed by atoms with Crippen LogP contribution in [0.2, 0.25) is 0 Å². The maximum atomic E-state index is 13.1. The Kier molecular flexibility index (Phi) is 3.86. The topological polar surface area (TPSA) is 69.6 Å². The Hall–Kier alpha value is -1.09. The average Bonchev–Trinajstić information content (AvgIpc) is 2.77. The maximum absolute atomic E-state index is 13.1. The molecule has 0 amide bonds. The Morgan fingerprint density at radius 2 is 2.00 bits per heavy atom. The van der Waals surface area contributed by atoms with E-state index in [1.54, 1.807) is 0 Å². The molecule has 1 aromatic rings. The molecule has 106 valence electrons. The van der Waals surface area contributed by atoms with Gasteiger partial charge in [-0.2, -0.15) is 4.31 Å². The van der Waals surface area contributed by atoms with Crippen LogP contribution in [0.4, 0.5) is 8.78 Å². The number of aliphatic hydroxyl groups excluding tert-OH is 1. The molecule has 0 bridgehead atoms. The molecule has 2 atom stereocenters. The van der Waals surface area contributed by atoms with Gasteiger partial charge in [0.1, 0.15) is 0 Å². The van der Waals surface area contributed by atoms with Gasteiger partial charge in [0, 0.05) is 20.1 Å². The third-order valence-corrected chi connectivity index (χ3v) is 5.06. The van der Waals surface area contributed by atoms with Crippen LogP contribution in [0.1, 0.15) is 0 Å². The summed E-state index contributed by atoms with van der Waals surface area (Å²) in [6.07, 6.45) is -0.829. The Labute approximate surface area is 109 Å². The highest BCUT2D eigenvalue weighted by Crippen LogP contribution is 2.21. The van der Waals surface area contributed by atoms with Crippen LogP contribution in [-0.2, 0) is 10.0 Å². The summed E-state index contributed by atoms with van der Waals surface area (Å²) in [7, 11) is -2.66. The van der Waals surface area contributed by atoms with Crippen molar-refractivity contribution in [3.63, 3.8) is 0 Å². The zero-order chi connectivity index (χ0) is 14.2. The molecule has 0 spiro atoms. The van der Waals surface area contributed by atoms with Crippen molar-refractivity contribution in [2.75, 3.05) is 20.1 Å². The molecule has 0 saturated carbocycles.